The summed E-state index contributed by atoms with van der Waals surface area (Å²) in [5, 5.41) is 3.60. The van der Waals surface area contributed by atoms with Crippen LogP contribution < -0.4 is 20.7 Å². The predicted octanol–water partition coefficient (Wildman–Crippen LogP) is 13.4. The van der Waals surface area contributed by atoms with Crippen LogP contribution in [0.2, 0.25) is 0 Å². The zero-order valence-corrected chi connectivity index (χ0v) is 33.5. The van der Waals surface area contributed by atoms with Gasteiger partial charge in [0.2, 0.25) is 0 Å². The van der Waals surface area contributed by atoms with Gasteiger partial charge < -0.3 is 18.7 Å². The fourth-order valence-corrected chi connectivity index (χ4v) is 9.84. The van der Waals surface area contributed by atoms with E-state index in [9.17, 15) is 0 Å². The van der Waals surface area contributed by atoms with Gasteiger partial charge in [-0.1, -0.05) is 118 Å². The van der Waals surface area contributed by atoms with Crippen molar-refractivity contribution < 1.29 is 4.42 Å². The maximum Gasteiger partial charge on any atom is 0.336 e. The number of anilines is 6. The molecule has 0 N–H and O–H groups in total. The van der Waals surface area contributed by atoms with Crippen molar-refractivity contribution in [3.8, 4) is 11.1 Å². The van der Waals surface area contributed by atoms with Crippen molar-refractivity contribution >= 4 is 84.9 Å². The Morgan fingerprint density at radius 1 is 0.586 bits per heavy atom. The SMILES string of the molecule is CCCCc1ccc(N(c2ccc(CCCC)cc2)c2ccc3c(c2)N(c2ccccc2)c2cc(C)cc4c2B3n2c3oc5ccccc5c3c3cccc-4c32)cc1. The minimum Gasteiger partial charge on any atom is -0.441 e. The molecule has 0 spiro atoms. The van der Waals surface area contributed by atoms with E-state index in [1.54, 1.807) is 0 Å². The van der Waals surface area contributed by atoms with Crippen molar-refractivity contribution in [3.63, 3.8) is 0 Å². The molecule has 0 atom stereocenters. The van der Waals surface area contributed by atoms with E-state index in [2.05, 4.69) is 187 Å². The Morgan fingerprint density at radius 2 is 1.24 bits per heavy atom. The second-order valence-electron chi connectivity index (χ2n) is 16.3. The predicted molar refractivity (Wildman–Crippen MR) is 246 cm³/mol. The maximum absolute atomic E-state index is 6.90. The molecule has 58 heavy (non-hydrogen) atoms. The Kier molecular flexibility index (Phi) is 8.32. The monoisotopic (exact) mass is 751 g/mol. The summed E-state index contributed by atoms with van der Waals surface area (Å²) in [6, 6.07) is 56.7. The van der Waals surface area contributed by atoms with Crippen molar-refractivity contribution in [3.05, 3.63) is 168 Å². The van der Waals surface area contributed by atoms with Crippen LogP contribution in [0, 0.1) is 6.92 Å². The van der Waals surface area contributed by atoms with E-state index in [4.69, 9.17) is 4.42 Å². The highest BCUT2D eigenvalue weighted by molar-refractivity contribution is 6.90. The minimum atomic E-state index is -0.0887. The minimum absolute atomic E-state index is 0.0887. The van der Waals surface area contributed by atoms with Crippen molar-refractivity contribution in [2.45, 2.75) is 59.3 Å². The summed E-state index contributed by atoms with van der Waals surface area (Å²) < 4.78 is 9.41. The summed E-state index contributed by atoms with van der Waals surface area (Å²) in [5.74, 6) is 0. The molecule has 5 heteroatoms. The van der Waals surface area contributed by atoms with E-state index < -0.39 is 0 Å². The molecule has 0 saturated carbocycles. The Morgan fingerprint density at radius 3 is 1.95 bits per heavy atom. The van der Waals surface area contributed by atoms with Crippen LogP contribution in [-0.4, -0.2) is 11.3 Å². The normalized spacial score (nSPS) is 12.7. The number of aryl methyl sites for hydroxylation is 3. The van der Waals surface area contributed by atoms with Gasteiger partial charge >= 0.3 is 6.85 Å². The van der Waals surface area contributed by atoms with Crippen molar-refractivity contribution in [2.75, 3.05) is 9.80 Å². The first-order chi connectivity index (χ1) is 28.6. The summed E-state index contributed by atoms with van der Waals surface area (Å²) in [7, 11) is 0. The van der Waals surface area contributed by atoms with Crippen LogP contribution in [0.5, 0.6) is 0 Å². The zero-order valence-electron chi connectivity index (χ0n) is 33.5. The molecular weight excluding hydrogens is 705 g/mol. The van der Waals surface area contributed by atoms with Gasteiger partial charge in [-0.15, -0.1) is 0 Å². The molecule has 4 nitrogen and oxygen atoms in total. The van der Waals surface area contributed by atoms with E-state index in [1.807, 2.05) is 0 Å². The molecule has 0 unspecified atom stereocenters. The largest absolute Gasteiger partial charge is 0.441 e. The number of hydrogen-bond donors (Lipinski definition) is 0. The smallest absolute Gasteiger partial charge is 0.336 e. The Hall–Kier alpha value is -6.46. The number of rotatable bonds is 10. The van der Waals surface area contributed by atoms with Crippen molar-refractivity contribution in [1.29, 1.82) is 0 Å². The molecule has 0 saturated heterocycles. The molecule has 7 aromatic carbocycles. The Bertz CT molecular complexity index is 2940. The lowest BCUT2D eigenvalue weighted by Crippen LogP contribution is -2.56. The molecule has 282 valence electrons. The number of hydrogen-bond acceptors (Lipinski definition) is 3. The van der Waals surface area contributed by atoms with Crippen LogP contribution in [-0.2, 0) is 12.8 Å². The highest BCUT2D eigenvalue weighted by atomic mass is 16.3. The van der Waals surface area contributed by atoms with Gasteiger partial charge in [0, 0.05) is 56.0 Å². The summed E-state index contributed by atoms with van der Waals surface area (Å²) in [5.41, 5.74) is 19.2. The standard InChI is InChI=1S/C53H46BN3O/c1-4-6-14-36-22-26-39(27-23-36)55(40-28-24-37(25-29-40)15-7-5-2)41-30-31-46-47(34-41)56(38-16-9-8-10-17-38)48-33-35(3)32-45-42-19-13-20-44-50-43-18-11-12-21-49(43)58-53(50)57(52(42)44)54(46)51(45)48/h8-13,16-34H,4-7,14-15H2,1-3H3. The summed E-state index contributed by atoms with van der Waals surface area (Å²) in [6.45, 7) is 6.68. The van der Waals surface area contributed by atoms with Gasteiger partial charge in [-0.3, -0.25) is 0 Å². The van der Waals surface area contributed by atoms with E-state index in [-0.39, 0.29) is 6.85 Å². The number of aromatic nitrogens is 1. The van der Waals surface area contributed by atoms with Crippen molar-refractivity contribution in [1.82, 2.24) is 4.48 Å². The van der Waals surface area contributed by atoms with Gasteiger partial charge in [-0.25, -0.2) is 0 Å². The molecule has 0 fully saturated rings. The summed E-state index contributed by atoms with van der Waals surface area (Å²) >= 11 is 0. The Balaban J connectivity index is 1.17. The molecular formula is C53H46BN3O. The molecule has 0 aliphatic carbocycles. The third-order valence-corrected chi connectivity index (χ3v) is 12.6. The highest BCUT2D eigenvalue weighted by Crippen LogP contribution is 2.48. The quantitative estimate of drug-likeness (QED) is 0.130. The van der Waals surface area contributed by atoms with Gasteiger partial charge in [-0.2, -0.15) is 0 Å². The van der Waals surface area contributed by atoms with Crippen LogP contribution in [0.1, 0.15) is 56.2 Å². The molecule has 2 aliphatic heterocycles. The molecule has 0 radical (unpaired) electrons. The average molecular weight is 752 g/mol. The third kappa shape index (κ3) is 5.36. The fourth-order valence-electron chi connectivity index (χ4n) is 9.84. The first kappa shape index (κ1) is 34.8. The maximum atomic E-state index is 6.90. The van der Waals surface area contributed by atoms with Crippen LogP contribution in [0.25, 0.3) is 44.1 Å². The number of fused-ring (bicyclic) bond motifs is 9. The average Bonchev–Trinajstić information content (AvgIpc) is 3.80. The second-order valence-corrected chi connectivity index (χ2v) is 16.3. The van der Waals surface area contributed by atoms with Gasteiger partial charge in [0.15, 0.2) is 5.71 Å². The number of furan rings is 1. The summed E-state index contributed by atoms with van der Waals surface area (Å²) in [6.07, 6.45) is 6.99. The van der Waals surface area contributed by atoms with Gasteiger partial charge in [0.05, 0.1) is 5.39 Å². The molecule has 9 aromatic rings. The third-order valence-electron chi connectivity index (χ3n) is 12.6. The lowest BCUT2D eigenvalue weighted by Gasteiger charge is -2.41. The number of para-hydroxylation sites is 3. The van der Waals surface area contributed by atoms with E-state index in [1.165, 1.54) is 92.1 Å². The fraction of sp³-hybridized carbons (Fsp3) is 0.170. The highest BCUT2D eigenvalue weighted by Gasteiger charge is 2.44. The number of unbranched alkanes of at least 4 members (excludes halogenated alkanes) is 2. The van der Waals surface area contributed by atoms with Crippen LogP contribution in [0.15, 0.2) is 156 Å². The van der Waals surface area contributed by atoms with E-state index in [0.29, 0.717) is 0 Å². The molecule has 2 aromatic heterocycles. The van der Waals surface area contributed by atoms with Crippen LogP contribution >= 0.6 is 0 Å². The van der Waals surface area contributed by atoms with E-state index in [0.717, 1.165) is 52.3 Å². The first-order valence-corrected chi connectivity index (χ1v) is 21.2. The zero-order chi connectivity index (χ0) is 38.9. The molecule has 11 rings (SSSR count). The molecule has 2 aliphatic rings. The molecule has 4 heterocycles. The Labute approximate surface area is 341 Å². The number of benzene rings is 7. The van der Waals surface area contributed by atoms with Gasteiger partial charge in [0.25, 0.3) is 0 Å². The van der Waals surface area contributed by atoms with Gasteiger partial charge in [0.1, 0.15) is 5.58 Å². The molecule has 0 amide bonds. The lowest BCUT2D eigenvalue weighted by molar-refractivity contribution is 0.651. The van der Waals surface area contributed by atoms with Gasteiger partial charge in [-0.05, 0) is 126 Å². The van der Waals surface area contributed by atoms with E-state index >= 15 is 0 Å². The van der Waals surface area contributed by atoms with Crippen LogP contribution in [0.3, 0.4) is 0 Å². The van der Waals surface area contributed by atoms with Crippen LogP contribution in [0.4, 0.5) is 34.1 Å². The lowest BCUT2D eigenvalue weighted by atomic mass is 9.45. The topological polar surface area (TPSA) is 24.6 Å². The van der Waals surface area contributed by atoms with Crippen molar-refractivity contribution in [2.24, 2.45) is 0 Å². The second kappa shape index (κ2) is 13.9. The summed E-state index contributed by atoms with van der Waals surface area (Å²) in [4.78, 5) is 4.95. The number of nitrogens with zero attached hydrogens (tertiary/aromatic N) is 3. The first-order valence-electron chi connectivity index (χ1n) is 21.2. The molecule has 0 bridgehead atoms.